The van der Waals surface area contributed by atoms with E-state index in [1.807, 2.05) is 0 Å². The predicted molar refractivity (Wildman–Crippen MR) is 108 cm³/mol. The van der Waals surface area contributed by atoms with Crippen LogP contribution in [0.25, 0.3) is 0 Å². The van der Waals surface area contributed by atoms with E-state index in [0.717, 1.165) is 0 Å². The third-order valence-corrected chi connectivity index (χ3v) is 4.98. The van der Waals surface area contributed by atoms with Crippen molar-refractivity contribution in [2.45, 2.75) is 19.4 Å². The van der Waals surface area contributed by atoms with Crippen molar-refractivity contribution >= 4 is 11.7 Å². The standard InChI is InChI=1S/C22H25NO7/c1-13-6-8-16(30-13)20(24)18-19(14-7-9-15(28-3)17(12-14)29-4)23(10-5-11-27-2)22(26)21(18)25/h6-9,12,19,25H,5,10-11H2,1-4H3/t19-/m0/s1. The SMILES string of the molecule is COCCCN1C(=O)C(O)=C(C(=O)c2ccc(C)o2)[C@@H]1c1ccc(OC)c(OC)c1. The topological polar surface area (TPSA) is 98.4 Å². The summed E-state index contributed by atoms with van der Waals surface area (Å²) in [6, 6.07) is 7.51. The summed E-state index contributed by atoms with van der Waals surface area (Å²) < 4.78 is 21.2. The van der Waals surface area contributed by atoms with Gasteiger partial charge in [0.15, 0.2) is 23.0 Å². The van der Waals surface area contributed by atoms with Gasteiger partial charge in [-0.2, -0.15) is 0 Å². The Balaban J connectivity index is 2.08. The van der Waals surface area contributed by atoms with E-state index >= 15 is 0 Å². The number of Topliss-reactive ketones (excluding diaryl/α,β-unsaturated/α-hetero) is 1. The summed E-state index contributed by atoms with van der Waals surface area (Å²) in [6.45, 7) is 2.45. The molecule has 0 spiro atoms. The van der Waals surface area contributed by atoms with Crippen LogP contribution in [0.3, 0.4) is 0 Å². The molecule has 2 heterocycles. The van der Waals surface area contributed by atoms with Crippen molar-refractivity contribution in [3.05, 3.63) is 58.7 Å². The Morgan fingerprint density at radius 2 is 1.87 bits per heavy atom. The maximum Gasteiger partial charge on any atom is 0.290 e. The van der Waals surface area contributed by atoms with Crippen molar-refractivity contribution in [1.82, 2.24) is 4.90 Å². The molecule has 1 aliphatic heterocycles. The maximum absolute atomic E-state index is 13.2. The molecular weight excluding hydrogens is 390 g/mol. The molecule has 0 aliphatic carbocycles. The van der Waals surface area contributed by atoms with Gasteiger partial charge in [0.2, 0.25) is 5.78 Å². The fraction of sp³-hybridized carbons (Fsp3) is 0.364. The number of methoxy groups -OCH3 is 3. The summed E-state index contributed by atoms with van der Waals surface area (Å²) in [4.78, 5) is 27.5. The highest BCUT2D eigenvalue weighted by Crippen LogP contribution is 2.41. The normalized spacial score (nSPS) is 16.3. The monoisotopic (exact) mass is 415 g/mol. The molecule has 1 amide bonds. The van der Waals surface area contributed by atoms with E-state index in [1.165, 1.54) is 25.2 Å². The van der Waals surface area contributed by atoms with Gasteiger partial charge in [-0.1, -0.05) is 6.07 Å². The molecule has 0 bridgehead atoms. The molecule has 0 radical (unpaired) electrons. The van der Waals surface area contributed by atoms with Crippen LogP contribution in [0.1, 0.15) is 34.3 Å². The summed E-state index contributed by atoms with van der Waals surface area (Å²) in [7, 11) is 4.60. The first-order chi connectivity index (χ1) is 14.4. The number of amides is 1. The van der Waals surface area contributed by atoms with Crippen LogP contribution in [0.5, 0.6) is 11.5 Å². The molecule has 8 heteroatoms. The highest BCUT2D eigenvalue weighted by molar-refractivity contribution is 6.15. The smallest absolute Gasteiger partial charge is 0.290 e. The number of rotatable bonds is 9. The van der Waals surface area contributed by atoms with Crippen LogP contribution >= 0.6 is 0 Å². The van der Waals surface area contributed by atoms with E-state index < -0.39 is 23.5 Å². The van der Waals surface area contributed by atoms with E-state index in [0.29, 0.717) is 42.4 Å². The first-order valence-electron chi connectivity index (χ1n) is 9.49. The zero-order chi connectivity index (χ0) is 21.8. The van der Waals surface area contributed by atoms with Crippen LogP contribution in [-0.2, 0) is 9.53 Å². The Morgan fingerprint density at radius 1 is 1.13 bits per heavy atom. The number of aliphatic hydroxyl groups is 1. The second kappa shape index (κ2) is 9.04. The van der Waals surface area contributed by atoms with Crippen molar-refractivity contribution in [2.75, 3.05) is 34.5 Å². The Hall–Kier alpha value is -3.26. The number of nitrogens with zero attached hydrogens (tertiary/aromatic N) is 1. The third kappa shape index (κ3) is 3.91. The zero-order valence-electron chi connectivity index (χ0n) is 17.4. The van der Waals surface area contributed by atoms with E-state index in [4.69, 9.17) is 18.6 Å². The summed E-state index contributed by atoms with van der Waals surface area (Å²) >= 11 is 0. The lowest BCUT2D eigenvalue weighted by atomic mass is 9.94. The molecule has 8 nitrogen and oxygen atoms in total. The highest BCUT2D eigenvalue weighted by Gasteiger charge is 2.44. The molecule has 2 aromatic rings. The molecule has 0 saturated carbocycles. The lowest BCUT2D eigenvalue weighted by Crippen LogP contribution is -2.32. The van der Waals surface area contributed by atoms with Crippen molar-refractivity contribution in [2.24, 2.45) is 0 Å². The summed E-state index contributed by atoms with van der Waals surface area (Å²) in [5.74, 6) is -0.147. The first-order valence-corrected chi connectivity index (χ1v) is 9.49. The molecule has 1 aromatic heterocycles. The van der Waals surface area contributed by atoms with Crippen molar-refractivity contribution in [3.8, 4) is 11.5 Å². The molecular formula is C22H25NO7. The largest absolute Gasteiger partial charge is 0.503 e. The summed E-state index contributed by atoms with van der Waals surface area (Å²) in [5.41, 5.74) is 0.577. The maximum atomic E-state index is 13.2. The van der Waals surface area contributed by atoms with Gasteiger partial charge < -0.3 is 28.6 Å². The van der Waals surface area contributed by atoms with Crippen molar-refractivity contribution in [1.29, 1.82) is 0 Å². The Morgan fingerprint density at radius 3 is 2.47 bits per heavy atom. The molecule has 3 rings (SSSR count). The van der Waals surface area contributed by atoms with Crippen LogP contribution in [0.15, 0.2) is 46.1 Å². The predicted octanol–water partition coefficient (Wildman–Crippen LogP) is 3.22. The number of aryl methyl sites for hydroxylation is 1. The van der Waals surface area contributed by atoms with Crippen LogP contribution < -0.4 is 9.47 Å². The van der Waals surface area contributed by atoms with Crippen LogP contribution in [0.2, 0.25) is 0 Å². The molecule has 1 aromatic carbocycles. The summed E-state index contributed by atoms with van der Waals surface area (Å²) in [6.07, 6.45) is 0.542. The fourth-order valence-corrected chi connectivity index (χ4v) is 3.55. The zero-order valence-corrected chi connectivity index (χ0v) is 17.4. The number of ether oxygens (including phenoxy) is 3. The van der Waals surface area contributed by atoms with Crippen LogP contribution in [0.4, 0.5) is 0 Å². The number of hydrogen-bond acceptors (Lipinski definition) is 7. The third-order valence-electron chi connectivity index (χ3n) is 4.98. The minimum absolute atomic E-state index is 0.0287. The number of ketones is 1. The molecule has 160 valence electrons. The molecule has 0 unspecified atom stereocenters. The number of benzene rings is 1. The van der Waals surface area contributed by atoms with Gasteiger partial charge in [0, 0.05) is 20.3 Å². The van der Waals surface area contributed by atoms with Crippen molar-refractivity contribution < 1.29 is 33.3 Å². The number of hydrogen-bond donors (Lipinski definition) is 1. The van der Waals surface area contributed by atoms with E-state index in [1.54, 1.807) is 38.3 Å². The molecule has 0 saturated heterocycles. The first kappa shape index (κ1) is 21.4. The average molecular weight is 415 g/mol. The highest BCUT2D eigenvalue weighted by atomic mass is 16.5. The second-order valence-corrected chi connectivity index (χ2v) is 6.86. The van der Waals surface area contributed by atoms with E-state index in [-0.39, 0.29) is 11.3 Å². The Bertz CT molecular complexity index is 976. The van der Waals surface area contributed by atoms with Gasteiger partial charge in [0.05, 0.1) is 25.8 Å². The van der Waals surface area contributed by atoms with E-state index in [9.17, 15) is 14.7 Å². The number of aliphatic hydroxyl groups excluding tert-OH is 1. The quantitative estimate of drug-likeness (QED) is 0.496. The second-order valence-electron chi connectivity index (χ2n) is 6.86. The molecule has 30 heavy (non-hydrogen) atoms. The van der Waals surface area contributed by atoms with Gasteiger partial charge in [0.25, 0.3) is 5.91 Å². The average Bonchev–Trinajstić information content (AvgIpc) is 3.29. The van der Waals surface area contributed by atoms with Gasteiger partial charge in [-0.25, -0.2) is 0 Å². The number of carbonyl (C=O) groups excluding carboxylic acids is 2. The Labute approximate surface area is 174 Å². The van der Waals surface area contributed by atoms with Crippen LogP contribution in [0, 0.1) is 6.92 Å². The lowest BCUT2D eigenvalue weighted by Gasteiger charge is -2.27. The molecule has 1 N–H and O–H groups in total. The molecule has 1 atom stereocenters. The minimum atomic E-state index is -0.799. The molecule has 0 fully saturated rings. The minimum Gasteiger partial charge on any atom is -0.503 e. The van der Waals surface area contributed by atoms with Gasteiger partial charge in [-0.05, 0) is 43.2 Å². The van der Waals surface area contributed by atoms with Gasteiger partial charge in [-0.3, -0.25) is 9.59 Å². The lowest BCUT2D eigenvalue weighted by molar-refractivity contribution is -0.129. The van der Waals surface area contributed by atoms with Crippen molar-refractivity contribution in [3.63, 3.8) is 0 Å². The van der Waals surface area contributed by atoms with Gasteiger partial charge in [-0.15, -0.1) is 0 Å². The Kier molecular flexibility index (Phi) is 6.47. The van der Waals surface area contributed by atoms with Gasteiger partial charge in [0.1, 0.15) is 5.76 Å². The van der Waals surface area contributed by atoms with Gasteiger partial charge >= 0.3 is 0 Å². The fourth-order valence-electron chi connectivity index (χ4n) is 3.55. The summed E-state index contributed by atoms with van der Waals surface area (Å²) in [5, 5.41) is 10.6. The number of carbonyl (C=O) groups is 2. The van der Waals surface area contributed by atoms with Crippen LogP contribution in [-0.4, -0.2) is 56.2 Å². The number of furan rings is 1. The molecule has 1 aliphatic rings. The van der Waals surface area contributed by atoms with E-state index in [2.05, 4.69) is 0 Å².